The topological polar surface area (TPSA) is 93.7 Å². The SMILES string of the molecule is CCOc1cc(C=C2C(=O)NC(=O)NC2=O)cc(Cl)c1OCc1ccccc1C. The van der Waals surface area contributed by atoms with Gasteiger partial charge in [-0.25, -0.2) is 4.79 Å². The second kappa shape index (κ2) is 8.79. The van der Waals surface area contributed by atoms with Gasteiger partial charge in [-0.1, -0.05) is 35.9 Å². The molecule has 0 radical (unpaired) electrons. The molecule has 0 spiro atoms. The Bertz CT molecular complexity index is 994. The third-order valence-corrected chi connectivity index (χ3v) is 4.50. The number of nitrogens with one attached hydrogen (secondary N) is 2. The van der Waals surface area contributed by atoms with E-state index in [-0.39, 0.29) is 10.6 Å². The van der Waals surface area contributed by atoms with Crippen molar-refractivity contribution in [3.63, 3.8) is 0 Å². The average molecular weight is 415 g/mol. The molecular formula is C21H19ClN2O5. The van der Waals surface area contributed by atoms with E-state index in [9.17, 15) is 14.4 Å². The summed E-state index contributed by atoms with van der Waals surface area (Å²) in [6.45, 7) is 4.48. The largest absolute Gasteiger partial charge is 0.490 e. The molecule has 150 valence electrons. The summed E-state index contributed by atoms with van der Waals surface area (Å²) in [7, 11) is 0. The van der Waals surface area contributed by atoms with Crippen molar-refractivity contribution in [3.8, 4) is 11.5 Å². The van der Waals surface area contributed by atoms with E-state index in [1.807, 2.05) is 48.7 Å². The average Bonchev–Trinajstić information content (AvgIpc) is 2.65. The molecule has 0 aromatic heterocycles. The zero-order chi connectivity index (χ0) is 21.0. The second-order valence-electron chi connectivity index (χ2n) is 6.27. The number of urea groups is 1. The van der Waals surface area contributed by atoms with E-state index >= 15 is 0 Å². The van der Waals surface area contributed by atoms with Crippen LogP contribution in [0.2, 0.25) is 5.02 Å². The van der Waals surface area contributed by atoms with Gasteiger partial charge < -0.3 is 9.47 Å². The van der Waals surface area contributed by atoms with E-state index in [4.69, 9.17) is 21.1 Å². The second-order valence-corrected chi connectivity index (χ2v) is 6.68. The van der Waals surface area contributed by atoms with Gasteiger partial charge in [-0.15, -0.1) is 0 Å². The summed E-state index contributed by atoms with van der Waals surface area (Å²) in [6, 6.07) is 10.1. The van der Waals surface area contributed by atoms with Crippen LogP contribution in [0.15, 0.2) is 42.0 Å². The number of imide groups is 2. The van der Waals surface area contributed by atoms with Gasteiger partial charge in [0.2, 0.25) is 0 Å². The lowest BCUT2D eigenvalue weighted by Gasteiger charge is -2.16. The van der Waals surface area contributed by atoms with Crippen molar-refractivity contribution in [2.75, 3.05) is 6.61 Å². The molecule has 2 aromatic rings. The smallest absolute Gasteiger partial charge is 0.328 e. The van der Waals surface area contributed by atoms with E-state index < -0.39 is 17.8 Å². The van der Waals surface area contributed by atoms with Gasteiger partial charge in [0.25, 0.3) is 11.8 Å². The first-order chi connectivity index (χ1) is 13.9. The van der Waals surface area contributed by atoms with Crippen LogP contribution < -0.4 is 20.1 Å². The van der Waals surface area contributed by atoms with Gasteiger partial charge in [0.1, 0.15) is 12.2 Å². The normalized spacial score (nSPS) is 13.6. The molecule has 3 rings (SSSR count). The molecule has 1 fully saturated rings. The Morgan fingerprint density at radius 2 is 1.72 bits per heavy atom. The van der Waals surface area contributed by atoms with Gasteiger partial charge in [0.05, 0.1) is 11.6 Å². The van der Waals surface area contributed by atoms with Gasteiger partial charge in [-0.05, 0) is 48.7 Å². The third kappa shape index (κ3) is 4.75. The fourth-order valence-electron chi connectivity index (χ4n) is 2.77. The summed E-state index contributed by atoms with van der Waals surface area (Å²) < 4.78 is 11.6. The quantitative estimate of drug-likeness (QED) is 0.558. The molecule has 1 saturated heterocycles. The Morgan fingerprint density at radius 3 is 2.38 bits per heavy atom. The van der Waals surface area contributed by atoms with Gasteiger partial charge in [-0.3, -0.25) is 20.2 Å². The standard InChI is InChI=1S/C21H19ClN2O5/c1-3-28-17-10-13(8-15-19(25)23-21(27)24-20(15)26)9-16(22)18(17)29-11-14-7-5-4-6-12(14)2/h4-10H,3,11H2,1-2H3,(H2,23,24,25,26,27). The highest BCUT2D eigenvalue weighted by Gasteiger charge is 2.28. The summed E-state index contributed by atoms with van der Waals surface area (Å²) in [5, 5.41) is 4.31. The highest BCUT2D eigenvalue weighted by atomic mass is 35.5. The lowest BCUT2D eigenvalue weighted by molar-refractivity contribution is -0.123. The predicted molar refractivity (Wildman–Crippen MR) is 108 cm³/mol. The molecular weight excluding hydrogens is 396 g/mol. The minimum atomic E-state index is -0.856. The van der Waals surface area contributed by atoms with Crippen molar-refractivity contribution in [1.29, 1.82) is 0 Å². The number of barbiturate groups is 1. The van der Waals surface area contributed by atoms with Crippen molar-refractivity contribution < 1.29 is 23.9 Å². The number of rotatable bonds is 6. The Kier molecular flexibility index (Phi) is 6.19. The van der Waals surface area contributed by atoms with Gasteiger partial charge >= 0.3 is 6.03 Å². The fraction of sp³-hybridized carbons (Fsp3) is 0.190. The van der Waals surface area contributed by atoms with Crippen molar-refractivity contribution in [2.24, 2.45) is 0 Å². The molecule has 0 bridgehead atoms. The number of hydrogen-bond donors (Lipinski definition) is 2. The molecule has 0 unspecified atom stereocenters. The number of halogens is 1. The maximum atomic E-state index is 11.9. The van der Waals surface area contributed by atoms with E-state index in [2.05, 4.69) is 0 Å². The van der Waals surface area contributed by atoms with Crippen LogP contribution in [-0.4, -0.2) is 24.5 Å². The first-order valence-electron chi connectivity index (χ1n) is 8.91. The lowest BCUT2D eigenvalue weighted by atomic mass is 10.1. The summed E-state index contributed by atoms with van der Waals surface area (Å²) in [4.78, 5) is 35.0. The van der Waals surface area contributed by atoms with Gasteiger partial charge in [-0.2, -0.15) is 0 Å². The Hall–Kier alpha value is -3.32. The van der Waals surface area contributed by atoms with Crippen molar-refractivity contribution in [1.82, 2.24) is 10.6 Å². The number of carbonyl (C=O) groups excluding carboxylic acids is 3. The molecule has 2 aromatic carbocycles. The molecule has 0 aliphatic carbocycles. The fourth-order valence-corrected chi connectivity index (χ4v) is 3.04. The van der Waals surface area contributed by atoms with E-state index in [0.717, 1.165) is 11.1 Å². The van der Waals surface area contributed by atoms with Gasteiger partial charge in [0.15, 0.2) is 11.5 Å². The Labute approximate surface area is 172 Å². The van der Waals surface area contributed by atoms with Crippen LogP contribution in [-0.2, 0) is 16.2 Å². The molecule has 1 heterocycles. The molecule has 4 amide bonds. The van der Waals surface area contributed by atoms with Crippen LogP contribution in [0.1, 0.15) is 23.6 Å². The first-order valence-corrected chi connectivity index (χ1v) is 9.28. The minimum Gasteiger partial charge on any atom is -0.490 e. The highest BCUT2D eigenvalue weighted by Crippen LogP contribution is 2.38. The molecule has 7 nitrogen and oxygen atoms in total. The van der Waals surface area contributed by atoms with Crippen LogP contribution in [0.25, 0.3) is 6.08 Å². The van der Waals surface area contributed by atoms with Crippen LogP contribution >= 0.6 is 11.6 Å². The molecule has 1 aliphatic rings. The number of amides is 4. The molecule has 8 heteroatoms. The Morgan fingerprint density at radius 1 is 1.03 bits per heavy atom. The third-order valence-electron chi connectivity index (χ3n) is 4.22. The van der Waals surface area contributed by atoms with E-state index in [1.165, 1.54) is 6.08 Å². The molecule has 0 atom stereocenters. The van der Waals surface area contributed by atoms with Crippen LogP contribution in [0.5, 0.6) is 11.5 Å². The van der Waals surface area contributed by atoms with Crippen LogP contribution in [0.4, 0.5) is 4.79 Å². The predicted octanol–water partition coefficient (Wildman–Crippen LogP) is 3.38. The van der Waals surface area contributed by atoms with Crippen LogP contribution in [0.3, 0.4) is 0 Å². The lowest BCUT2D eigenvalue weighted by Crippen LogP contribution is -2.51. The molecule has 29 heavy (non-hydrogen) atoms. The number of benzene rings is 2. The van der Waals surface area contributed by atoms with Crippen LogP contribution in [0, 0.1) is 6.92 Å². The minimum absolute atomic E-state index is 0.211. The van der Waals surface area contributed by atoms with Gasteiger partial charge in [0, 0.05) is 0 Å². The van der Waals surface area contributed by atoms with Crippen molar-refractivity contribution in [3.05, 3.63) is 63.7 Å². The zero-order valence-electron chi connectivity index (χ0n) is 15.9. The first kappa shape index (κ1) is 20.4. The maximum Gasteiger partial charge on any atom is 0.328 e. The maximum absolute atomic E-state index is 11.9. The summed E-state index contributed by atoms with van der Waals surface area (Å²) >= 11 is 6.40. The monoisotopic (exact) mass is 414 g/mol. The van der Waals surface area contributed by atoms with Crippen molar-refractivity contribution >= 4 is 35.5 Å². The Balaban J connectivity index is 1.91. The molecule has 1 aliphatic heterocycles. The number of carbonyl (C=O) groups is 3. The van der Waals surface area contributed by atoms with E-state index in [1.54, 1.807) is 12.1 Å². The zero-order valence-corrected chi connectivity index (χ0v) is 16.6. The number of ether oxygens (including phenoxy) is 2. The van der Waals surface area contributed by atoms with Crippen molar-refractivity contribution in [2.45, 2.75) is 20.5 Å². The van der Waals surface area contributed by atoms with E-state index in [0.29, 0.717) is 30.3 Å². The molecule has 2 N–H and O–H groups in total. The highest BCUT2D eigenvalue weighted by molar-refractivity contribution is 6.33. The summed E-state index contributed by atoms with van der Waals surface area (Å²) in [5.41, 5.74) is 2.34. The number of aryl methyl sites for hydroxylation is 1. The summed E-state index contributed by atoms with van der Waals surface area (Å²) in [6.07, 6.45) is 1.33. The number of hydrogen-bond acceptors (Lipinski definition) is 5. The molecule has 0 saturated carbocycles. The summed E-state index contributed by atoms with van der Waals surface area (Å²) in [5.74, 6) is -0.819.